The summed E-state index contributed by atoms with van der Waals surface area (Å²) in [5, 5.41) is 11.3. The number of fused-ring (bicyclic) bond motifs is 1. The molecule has 5 rings (SSSR count). The van der Waals surface area contributed by atoms with E-state index >= 15 is 0 Å². The van der Waals surface area contributed by atoms with Gasteiger partial charge in [0.25, 0.3) is 5.91 Å². The second-order valence-electron chi connectivity index (χ2n) is 7.99. The molecular formula is C24H21ClN6O2. The molecule has 0 atom stereocenters. The summed E-state index contributed by atoms with van der Waals surface area (Å²) < 4.78 is 1.67. The number of pyridine rings is 2. The van der Waals surface area contributed by atoms with Crippen molar-refractivity contribution in [1.29, 1.82) is 0 Å². The van der Waals surface area contributed by atoms with Gasteiger partial charge < -0.3 is 10.6 Å². The van der Waals surface area contributed by atoms with Crippen LogP contribution in [0.1, 0.15) is 40.5 Å². The molecule has 0 radical (unpaired) electrons. The molecule has 3 aromatic heterocycles. The van der Waals surface area contributed by atoms with Crippen LogP contribution < -0.4 is 10.6 Å². The summed E-state index contributed by atoms with van der Waals surface area (Å²) in [5.41, 5.74) is 3.18. The molecule has 1 aromatic carbocycles. The van der Waals surface area contributed by atoms with Gasteiger partial charge >= 0.3 is 0 Å². The van der Waals surface area contributed by atoms with Gasteiger partial charge in [-0.15, -0.1) is 0 Å². The number of amides is 2. The number of benzene rings is 1. The highest BCUT2D eigenvalue weighted by molar-refractivity contribution is 6.30. The first-order valence-corrected chi connectivity index (χ1v) is 11.0. The summed E-state index contributed by atoms with van der Waals surface area (Å²) in [6, 6.07) is 14.2. The van der Waals surface area contributed by atoms with Crippen molar-refractivity contribution in [3.63, 3.8) is 0 Å². The zero-order chi connectivity index (χ0) is 22.9. The maximum Gasteiger partial charge on any atom is 0.252 e. The van der Waals surface area contributed by atoms with Gasteiger partial charge in [0.2, 0.25) is 5.91 Å². The second kappa shape index (κ2) is 8.63. The fourth-order valence-electron chi connectivity index (χ4n) is 3.71. The Morgan fingerprint density at radius 1 is 1.15 bits per heavy atom. The second-order valence-corrected chi connectivity index (χ2v) is 8.43. The molecule has 1 aliphatic carbocycles. The molecule has 0 spiro atoms. The fraction of sp³-hybridized carbons (Fsp3) is 0.208. The Morgan fingerprint density at radius 2 is 1.94 bits per heavy atom. The standard InChI is InChI=1S/C24H21ClN6O2/c1-14-22-18(24(33)27-13-21(32)28-17-9-7-16(25)8-10-17)12-19(15-5-6-15)29-23(22)31(30-14)20-4-2-3-11-26-20/h2-4,7-12,15H,5-6,13H2,1H3,(H,27,33)(H,28,32). The van der Waals surface area contributed by atoms with Crippen molar-refractivity contribution in [2.45, 2.75) is 25.7 Å². The highest BCUT2D eigenvalue weighted by Crippen LogP contribution is 2.40. The highest BCUT2D eigenvalue weighted by atomic mass is 35.5. The maximum absolute atomic E-state index is 13.2. The number of aryl methyl sites for hydroxylation is 1. The van der Waals surface area contributed by atoms with E-state index in [1.54, 1.807) is 35.1 Å². The lowest BCUT2D eigenvalue weighted by Crippen LogP contribution is -2.33. The maximum atomic E-state index is 13.2. The van der Waals surface area contributed by atoms with Gasteiger partial charge in [-0.1, -0.05) is 17.7 Å². The number of nitrogens with zero attached hydrogens (tertiary/aromatic N) is 4. The minimum Gasteiger partial charge on any atom is -0.343 e. The molecule has 166 valence electrons. The van der Waals surface area contributed by atoms with Gasteiger partial charge in [-0.2, -0.15) is 9.78 Å². The molecule has 9 heteroatoms. The van der Waals surface area contributed by atoms with Gasteiger partial charge in [-0.05, 0) is 62.2 Å². The lowest BCUT2D eigenvalue weighted by Gasteiger charge is -2.10. The number of carbonyl (C=O) groups is 2. The van der Waals surface area contributed by atoms with Gasteiger partial charge in [0.05, 0.1) is 23.2 Å². The highest BCUT2D eigenvalue weighted by Gasteiger charge is 2.29. The van der Waals surface area contributed by atoms with Crippen LogP contribution in [0.2, 0.25) is 5.02 Å². The third-order valence-corrected chi connectivity index (χ3v) is 5.73. The number of rotatable bonds is 6. The Labute approximate surface area is 195 Å². The summed E-state index contributed by atoms with van der Waals surface area (Å²) in [7, 11) is 0. The number of hydrogen-bond acceptors (Lipinski definition) is 5. The first-order chi connectivity index (χ1) is 16.0. The van der Waals surface area contributed by atoms with Gasteiger partial charge in [0, 0.05) is 28.5 Å². The fourth-order valence-corrected chi connectivity index (χ4v) is 3.83. The Morgan fingerprint density at radius 3 is 2.64 bits per heavy atom. The predicted octanol–water partition coefficient (Wildman–Crippen LogP) is 4.02. The first-order valence-electron chi connectivity index (χ1n) is 10.6. The summed E-state index contributed by atoms with van der Waals surface area (Å²) >= 11 is 5.87. The summed E-state index contributed by atoms with van der Waals surface area (Å²) in [5.74, 6) is 0.282. The van der Waals surface area contributed by atoms with Crippen molar-refractivity contribution in [3.05, 3.63) is 76.7 Å². The van der Waals surface area contributed by atoms with Crippen molar-refractivity contribution in [3.8, 4) is 5.82 Å². The Kier molecular flexibility index (Phi) is 5.51. The van der Waals surface area contributed by atoms with Crippen LogP contribution in [0.5, 0.6) is 0 Å². The van der Waals surface area contributed by atoms with Crippen LogP contribution in [0.25, 0.3) is 16.9 Å². The number of halogens is 1. The molecule has 0 bridgehead atoms. The largest absolute Gasteiger partial charge is 0.343 e. The Hall–Kier alpha value is -3.78. The molecule has 8 nitrogen and oxygen atoms in total. The van der Waals surface area contributed by atoms with E-state index in [1.165, 1.54) is 0 Å². The number of hydrogen-bond donors (Lipinski definition) is 2. The van der Waals surface area contributed by atoms with E-state index in [0.29, 0.717) is 44.7 Å². The monoisotopic (exact) mass is 460 g/mol. The number of anilines is 1. The smallest absolute Gasteiger partial charge is 0.252 e. The number of aromatic nitrogens is 4. The van der Waals surface area contributed by atoms with Crippen molar-refractivity contribution < 1.29 is 9.59 Å². The third kappa shape index (κ3) is 4.42. The van der Waals surface area contributed by atoms with Crippen LogP contribution in [-0.4, -0.2) is 38.1 Å². The summed E-state index contributed by atoms with van der Waals surface area (Å²) in [6.07, 6.45) is 3.77. The van der Waals surface area contributed by atoms with Gasteiger partial charge in [0.15, 0.2) is 11.5 Å². The lowest BCUT2D eigenvalue weighted by molar-refractivity contribution is -0.115. The normalized spacial score (nSPS) is 13.2. The molecule has 33 heavy (non-hydrogen) atoms. The zero-order valence-electron chi connectivity index (χ0n) is 17.9. The molecule has 0 aliphatic heterocycles. The molecule has 0 saturated heterocycles. The van der Waals surface area contributed by atoms with E-state index in [9.17, 15) is 9.59 Å². The van der Waals surface area contributed by atoms with E-state index in [-0.39, 0.29) is 18.4 Å². The van der Waals surface area contributed by atoms with Gasteiger partial charge in [0.1, 0.15) is 0 Å². The molecule has 3 heterocycles. The molecule has 2 N–H and O–H groups in total. The Bertz CT molecular complexity index is 1350. The SMILES string of the molecule is Cc1nn(-c2ccccn2)c2nc(C3CC3)cc(C(=O)NCC(=O)Nc3ccc(Cl)cc3)c12. The van der Waals surface area contributed by atoms with Crippen LogP contribution in [0.4, 0.5) is 5.69 Å². The van der Waals surface area contributed by atoms with Gasteiger partial charge in [-0.25, -0.2) is 9.97 Å². The molecule has 0 unspecified atom stereocenters. The topological polar surface area (TPSA) is 102 Å². The molecule has 1 fully saturated rings. The average molecular weight is 461 g/mol. The zero-order valence-corrected chi connectivity index (χ0v) is 18.6. The van der Waals surface area contributed by atoms with Crippen LogP contribution >= 0.6 is 11.6 Å². The van der Waals surface area contributed by atoms with Crippen molar-refractivity contribution in [1.82, 2.24) is 25.1 Å². The number of carbonyl (C=O) groups excluding carboxylic acids is 2. The summed E-state index contributed by atoms with van der Waals surface area (Å²) in [6.45, 7) is 1.67. The molecule has 4 aromatic rings. The Balaban J connectivity index is 1.43. The van der Waals surface area contributed by atoms with Crippen LogP contribution in [0, 0.1) is 6.92 Å². The minimum atomic E-state index is -0.348. The minimum absolute atomic E-state index is 0.169. The average Bonchev–Trinajstić information content (AvgIpc) is 3.63. The quantitative estimate of drug-likeness (QED) is 0.452. The van der Waals surface area contributed by atoms with E-state index in [0.717, 1.165) is 18.5 Å². The third-order valence-electron chi connectivity index (χ3n) is 5.48. The predicted molar refractivity (Wildman–Crippen MR) is 126 cm³/mol. The summed E-state index contributed by atoms with van der Waals surface area (Å²) in [4.78, 5) is 34.7. The van der Waals surface area contributed by atoms with Crippen LogP contribution in [0.3, 0.4) is 0 Å². The van der Waals surface area contributed by atoms with E-state index in [4.69, 9.17) is 16.6 Å². The first kappa shape index (κ1) is 21.1. The molecule has 1 saturated carbocycles. The van der Waals surface area contributed by atoms with Crippen LogP contribution in [0.15, 0.2) is 54.7 Å². The van der Waals surface area contributed by atoms with E-state index < -0.39 is 0 Å². The van der Waals surface area contributed by atoms with Crippen molar-refractivity contribution in [2.24, 2.45) is 0 Å². The molecule has 2 amide bonds. The van der Waals surface area contributed by atoms with E-state index in [1.807, 2.05) is 31.2 Å². The number of nitrogens with one attached hydrogen (secondary N) is 2. The lowest BCUT2D eigenvalue weighted by atomic mass is 10.1. The van der Waals surface area contributed by atoms with Crippen molar-refractivity contribution >= 4 is 40.1 Å². The van der Waals surface area contributed by atoms with E-state index in [2.05, 4.69) is 20.7 Å². The molecular weight excluding hydrogens is 440 g/mol. The van der Waals surface area contributed by atoms with Gasteiger partial charge in [-0.3, -0.25) is 9.59 Å². The van der Waals surface area contributed by atoms with Crippen molar-refractivity contribution in [2.75, 3.05) is 11.9 Å². The molecule has 1 aliphatic rings. The van der Waals surface area contributed by atoms with Crippen LogP contribution in [-0.2, 0) is 4.79 Å².